The van der Waals surface area contributed by atoms with Gasteiger partial charge in [-0.25, -0.2) is 9.97 Å². The standard InChI is InChI=1S/C17H21N7O2S/c1-23-11-21-22-17(23)27-7-4-18-16(25)12-8-14-15(19-9-12)24(10-20-14)13-2-5-26-6-3-13/h8-11,13H,2-7H2,1H3,(H,18,25). The van der Waals surface area contributed by atoms with Crippen LogP contribution >= 0.6 is 11.8 Å². The number of aromatic nitrogens is 6. The first-order valence-electron chi connectivity index (χ1n) is 8.87. The minimum atomic E-state index is -0.149. The van der Waals surface area contributed by atoms with Crippen molar-refractivity contribution in [2.45, 2.75) is 24.0 Å². The number of rotatable bonds is 6. The number of carbonyl (C=O) groups is 1. The average molecular weight is 387 g/mol. The number of thioether (sulfide) groups is 1. The topological polar surface area (TPSA) is 99.8 Å². The van der Waals surface area contributed by atoms with Crippen molar-refractivity contribution in [2.24, 2.45) is 7.05 Å². The third-order valence-corrected chi connectivity index (χ3v) is 5.58. The smallest absolute Gasteiger partial charge is 0.252 e. The number of nitrogens with zero attached hydrogens (tertiary/aromatic N) is 6. The second-order valence-electron chi connectivity index (χ2n) is 6.39. The molecule has 0 unspecified atom stereocenters. The summed E-state index contributed by atoms with van der Waals surface area (Å²) in [4.78, 5) is 21.3. The first-order chi connectivity index (χ1) is 13.2. The summed E-state index contributed by atoms with van der Waals surface area (Å²) in [6.07, 6.45) is 7.00. The molecule has 1 aliphatic rings. The zero-order valence-corrected chi connectivity index (χ0v) is 15.9. The van der Waals surface area contributed by atoms with Gasteiger partial charge < -0.3 is 19.2 Å². The largest absolute Gasteiger partial charge is 0.381 e. The van der Waals surface area contributed by atoms with E-state index in [1.54, 1.807) is 30.4 Å². The van der Waals surface area contributed by atoms with Gasteiger partial charge >= 0.3 is 0 Å². The molecule has 4 rings (SSSR count). The summed E-state index contributed by atoms with van der Waals surface area (Å²) in [6.45, 7) is 2.05. The van der Waals surface area contributed by atoms with Crippen molar-refractivity contribution in [3.8, 4) is 0 Å². The molecule has 0 bridgehead atoms. The summed E-state index contributed by atoms with van der Waals surface area (Å²) >= 11 is 1.55. The molecular weight excluding hydrogens is 366 g/mol. The molecule has 1 N–H and O–H groups in total. The van der Waals surface area contributed by atoms with E-state index in [1.165, 1.54) is 0 Å². The molecule has 3 aromatic rings. The number of amides is 1. The summed E-state index contributed by atoms with van der Waals surface area (Å²) < 4.78 is 9.36. The van der Waals surface area contributed by atoms with Crippen LogP contribution in [0.1, 0.15) is 29.2 Å². The fraction of sp³-hybridized carbons (Fsp3) is 0.471. The van der Waals surface area contributed by atoms with E-state index in [0.29, 0.717) is 23.9 Å². The summed E-state index contributed by atoms with van der Waals surface area (Å²) in [5, 5.41) is 11.6. The molecule has 0 atom stereocenters. The van der Waals surface area contributed by atoms with Gasteiger partial charge in [-0.05, 0) is 18.9 Å². The first kappa shape index (κ1) is 17.9. The summed E-state index contributed by atoms with van der Waals surface area (Å²) in [7, 11) is 1.89. The van der Waals surface area contributed by atoms with Gasteiger partial charge in [0, 0.05) is 44.8 Å². The number of nitrogens with one attached hydrogen (secondary N) is 1. The number of aryl methyl sites for hydroxylation is 1. The molecule has 0 saturated carbocycles. The molecule has 27 heavy (non-hydrogen) atoms. The van der Waals surface area contributed by atoms with Crippen LogP contribution in [0.3, 0.4) is 0 Å². The van der Waals surface area contributed by atoms with Gasteiger partial charge in [0.05, 0.1) is 11.9 Å². The molecule has 1 aliphatic heterocycles. The van der Waals surface area contributed by atoms with E-state index in [4.69, 9.17) is 4.74 Å². The van der Waals surface area contributed by atoms with Crippen molar-refractivity contribution in [3.63, 3.8) is 0 Å². The molecule has 4 heterocycles. The SMILES string of the molecule is Cn1cnnc1SCCNC(=O)c1cnc2c(c1)ncn2C1CCOCC1. The quantitative estimate of drug-likeness (QED) is 0.504. The lowest BCUT2D eigenvalue weighted by Crippen LogP contribution is -2.26. The number of pyridine rings is 1. The highest BCUT2D eigenvalue weighted by Gasteiger charge is 2.19. The number of hydrogen-bond acceptors (Lipinski definition) is 7. The third kappa shape index (κ3) is 3.96. The van der Waals surface area contributed by atoms with Crippen LogP contribution in [0.15, 0.2) is 30.1 Å². The van der Waals surface area contributed by atoms with Gasteiger partial charge in [-0.15, -0.1) is 10.2 Å². The van der Waals surface area contributed by atoms with Gasteiger partial charge in [0.25, 0.3) is 5.91 Å². The predicted molar refractivity (Wildman–Crippen MR) is 101 cm³/mol. The van der Waals surface area contributed by atoms with E-state index in [1.807, 2.05) is 17.9 Å². The number of imidazole rings is 1. The Labute approximate surface area is 160 Å². The third-order valence-electron chi connectivity index (χ3n) is 4.55. The van der Waals surface area contributed by atoms with E-state index >= 15 is 0 Å². The molecule has 1 amide bonds. The molecule has 142 valence electrons. The molecule has 1 fully saturated rings. The monoisotopic (exact) mass is 387 g/mol. The van der Waals surface area contributed by atoms with E-state index in [9.17, 15) is 4.79 Å². The maximum absolute atomic E-state index is 12.4. The van der Waals surface area contributed by atoms with Gasteiger partial charge in [-0.1, -0.05) is 11.8 Å². The molecule has 0 spiro atoms. The van der Waals surface area contributed by atoms with Crippen molar-refractivity contribution < 1.29 is 9.53 Å². The fourth-order valence-electron chi connectivity index (χ4n) is 3.09. The van der Waals surface area contributed by atoms with Crippen LogP contribution in [-0.4, -0.2) is 60.7 Å². The maximum atomic E-state index is 12.4. The highest BCUT2D eigenvalue weighted by atomic mass is 32.2. The van der Waals surface area contributed by atoms with Gasteiger partial charge in [0.15, 0.2) is 10.8 Å². The Morgan fingerprint density at radius 2 is 2.19 bits per heavy atom. The summed E-state index contributed by atoms with van der Waals surface area (Å²) in [5.41, 5.74) is 2.07. The minimum Gasteiger partial charge on any atom is -0.381 e. The number of hydrogen-bond donors (Lipinski definition) is 1. The van der Waals surface area contributed by atoms with Crippen molar-refractivity contribution in [1.82, 2.24) is 34.6 Å². The van der Waals surface area contributed by atoms with Gasteiger partial charge in [0.1, 0.15) is 11.8 Å². The van der Waals surface area contributed by atoms with Crippen molar-refractivity contribution in [3.05, 3.63) is 30.5 Å². The van der Waals surface area contributed by atoms with E-state index in [2.05, 4.69) is 30.0 Å². The van der Waals surface area contributed by atoms with E-state index < -0.39 is 0 Å². The molecule has 0 aliphatic carbocycles. The second kappa shape index (κ2) is 8.05. The van der Waals surface area contributed by atoms with Crippen molar-refractivity contribution >= 4 is 28.8 Å². The molecule has 3 aromatic heterocycles. The average Bonchev–Trinajstić information content (AvgIpc) is 3.31. The van der Waals surface area contributed by atoms with Crippen LogP contribution in [0.25, 0.3) is 11.2 Å². The molecule has 0 radical (unpaired) electrons. The summed E-state index contributed by atoms with van der Waals surface area (Å²) in [6, 6.07) is 2.15. The lowest BCUT2D eigenvalue weighted by atomic mass is 10.1. The van der Waals surface area contributed by atoms with E-state index in [-0.39, 0.29) is 5.91 Å². The molecule has 1 saturated heterocycles. The first-order valence-corrected chi connectivity index (χ1v) is 9.86. The van der Waals surface area contributed by atoms with Crippen molar-refractivity contribution in [2.75, 3.05) is 25.5 Å². The van der Waals surface area contributed by atoms with Gasteiger partial charge in [-0.2, -0.15) is 0 Å². The zero-order valence-electron chi connectivity index (χ0n) is 15.0. The molecule has 9 nitrogen and oxygen atoms in total. The zero-order chi connectivity index (χ0) is 18.6. The Balaban J connectivity index is 1.37. The van der Waals surface area contributed by atoms with Crippen LogP contribution in [-0.2, 0) is 11.8 Å². The van der Waals surface area contributed by atoms with Gasteiger partial charge in [0.2, 0.25) is 0 Å². The number of carbonyl (C=O) groups excluding carboxylic acids is 1. The van der Waals surface area contributed by atoms with Crippen LogP contribution in [0, 0.1) is 0 Å². The van der Waals surface area contributed by atoms with E-state index in [0.717, 1.165) is 42.4 Å². The van der Waals surface area contributed by atoms with Gasteiger partial charge in [-0.3, -0.25) is 4.79 Å². The Morgan fingerprint density at radius 1 is 1.33 bits per heavy atom. The molecular formula is C17H21N7O2S. The maximum Gasteiger partial charge on any atom is 0.252 e. The fourth-order valence-corrected chi connectivity index (χ4v) is 3.83. The normalized spacial score (nSPS) is 15.3. The van der Waals surface area contributed by atoms with Crippen LogP contribution in [0.2, 0.25) is 0 Å². The lowest BCUT2D eigenvalue weighted by molar-refractivity contribution is 0.0704. The Bertz CT molecular complexity index is 932. The predicted octanol–water partition coefficient (Wildman–Crippen LogP) is 1.43. The molecule has 0 aromatic carbocycles. The van der Waals surface area contributed by atoms with Crippen LogP contribution in [0.4, 0.5) is 0 Å². The Morgan fingerprint density at radius 3 is 2.96 bits per heavy atom. The molecule has 10 heteroatoms. The van der Waals surface area contributed by atoms with Crippen LogP contribution < -0.4 is 5.32 Å². The lowest BCUT2D eigenvalue weighted by Gasteiger charge is -2.23. The van der Waals surface area contributed by atoms with Crippen LogP contribution in [0.5, 0.6) is 0 Å². The minimum absolute atomic E-state index is 0.149. The highest BCUT2D eigenvalue weighted by molar-refractivity contribution is 7.99. The summed E-state index contributed by atoms with van der Waals surface area (Å²) in [5.74, 6) is 0.565. The Hall–Kier alpha value is -2.46. The highest BCUT2D eigenvalue weighted by Crippen LogP contribution is 2.24. The Kier molecular flexibility index (Phi) is 5.35. The number of ether oxygens (including phenoxy) is 1. The second-order valence-corrected chi connectivity index (χ2v) is 7.45. The number of fused-ring (bicyclic) bond motifs is 1. The van der Waals surface area contributed by atoms with Crippen molar-refractivity contribution in [1.29, 1.82) is 0 Å².